The van der Waals surface area contributed by atoms with Gasteiger partial charge in [-0.3, -0.25) is 0 Å². The zero-order chi connectivity index (χ0) is 13.8. The van der Waals surface area contributed by atoms with E-state index in [4.69, 9.17) is 28.9 Å². The molecule has 0 fully saturated rings. The van der Waals surface area contributed by atoms with Crippen molar-refractivity contribution >= 4 is 34.6 Å². The summed E-state index contributed by atoms with van der Waals surface area (Å²) in [4.78, 5) is 0. The lowest BCUT2D eigenvalue weighted by Crippen LogP contribution is -2.09. The Bertz CT molecular complexity index is 385. The number of benzene rings is 1. The van der Waals surface area contributed by atoms with Crippen LogP contribution in [0, 0.1) is 0 Å². The molecule has 0 spiro atoms. The fraction of sp³-hybridized carbons (Fsp3) is 0.455. The molecule has 1 aromatic rings. The van der Waals surface area contributed by atoms with E-state index < -0.39 is 12.6 Å². The van der Waals surface area contributed by atoms with Crippen LogP contribution in [0.25, 0.3) is 0 Å². The average Bonchev–Trinajstić information content (AvgIpc) is 2.19. The minimum absolute atomic E-state index is 0.0701. The number of halogens is 5. The van der Waals surface area contributed by atoms with Crippen LogP contribution >= 0.6 is 23.2 Å². The minimum Gasteiger partial charge on any atom is -0.399 e. The van der Waals surface area contributed by atoms with Gasteiger partial charge in [0.2, 0.25) is 0 Å². The number of anilines is 2. The zero-order valence-electron chi connectivity index (χ0n) is 9.45. The topological polar surface area (TPSA) is 38.0 Å². The molecule has 0 radical (unpaired) electrons. The molecular formula is C11H13Cl2F3N2. The van der Waals surface area contributed by atoms with Crippen molar-refractivity contribution in [3.05, 3.63) is 22.2 Å². The Morgan fingerprint density at radius 3 is 2.17 bits per heavy atom. The smallest absolute Gasteiger partial charge is 0.389 e. The molecule has 1 aromatic carbocycles. The molecule has 3 N–H and O–H groups in total. The number of hydrogen-bond acceptors (Lipinski definition) is 2. The molecular weight excluding hydrogens is 288 g/mol. The molecule has 0 aliphatic heterocycles. The van der Waals surface area contributed by atoms with Gasteiger partial charge in [0, 0.05) is 18.7 Å². The first-order valence-electron chi connectivity index (χ1n) is 5.35. The van der Waals surface area contributed by atoms with Crippen molar-refractivity contribution in [2.45, 2.75) is 25.4 Å². The lowest BCUT2D eigenvalue weighted by atomic mass is 10.2. The first kappa shape index (κ1) is 15.2. The van der Waals surface area contributed by atoms with E-state index in [0.29, 0.717) is 34.4 Å². The third-order valence-corrected chi connectivity index (χ3v) is 2.85. The number of nitrogens with two attached hydrogens (primary N) is 1. The lowest BCUT2D eigenvalue weighted by molar-refractivity contribution is -0.135. The van der Waals surface area contributed by atoms with Gasteiger partial charge in [0.15, 0.2) is 0 Å². The Labute approximate surface area is 113 Å². The molecule has 1 rings (SSSR count). The van der Waals surface area contributed by atoms with Crippen molar-refractivity contribution < 1.29 is 13.2 Å². The Balaban J connectivity index is 2.41. The third-order valence-electron chi connectivity index (χ3n) is 2.25. The van der Waals surface area contributed by atoms with Crippen LogP contribution in [0.3, 0.4) is 0 Å². The second-order valence-electron chi connectivity index (χ2n) is 3.86. The fourth-order valence-electron chi connectivity index (χ4n) is 1.43. The average molecular weight is 301 g/mol. The van der Waals surface area contributed by atoms with Gasteiger partial charge in [-0.1, -0.05) is 23.2 Å². The number of hydrogen-bond donors (Lipinski definition) is 2. The molecule has 0 aliphatic carbocycles. The van der Waals surface area contributed by atoms with Crippen LogP contribution in [-0.2, 0) is 0 Å². The molecule has 18 heavy (non-hydrogen) atoms. The number of alkyl halides is 3. The highest BCUT2D eigenvalue weighted by Crippen LogP contribution is 2.32. The molecule has 0 saturated carbocycles. The number of nitrogen functional groups attached to an aromatic ring is 1. The molecule has 7 heteroatoms. The summed E-state index contributed by atoms with van der Waals surface area (Å²) >= 11 is 11.8. The predicted octanol–water partition coefficient (Wildman–Crippen LogP) is 4.72. The molecule has 0 heterocycles. The molecule has 0 saturated heterocycles. The summed E-state index contributed by atoms with van der Waals surface area (Å²) in [6.07, 6.45) is -4.42. The highest BCUT2D eigenvalue weighted by atomic mass is 35.5. The molecule has 0 aromatic heterocycles. The van der Waals surface area contributed by atoms with Crippen LogP contribution in [0.4, 0.5) is 24.5 Å². The van der Waals surface area contributed by atoms with E-state index >= 15 is 0 Å². The number of unbranched alkanes of at least 4 members (excludes halogenated alkanes) is 1. The van der Waals surface area contributed by atoms with Gasteiger partial charge in [-0.2, -0.15) is 13.2 Å². The van der Waals surface area contributed by atoms with Crippen LogP contribution in [0.2, 0.25) is 10.0 Å². The van der Waals surface area contributed by atoms with Gasteiger partial charge in [0.1, 0.15) is 0 Å². The van der Waals surface area contributed by atoms with E-state index in [2.05, 4.69) is 5.32 Å². The molecule has 0 atom stereocenters. The number of nitrogens with one attached hydrogen (secondary N) is 1. The molecule has 0 amide bonds. The van der Waals surface area contributed by atoms with Gasteiger partial charge >= 0.3 is 6.18 Å². The molecule has 0 aliphatic rings. The van der Waals surface area contributed by atoms with Gasteiger partial charge in [-0.05, 0) is 25.0 Å². The maximum Gasteiger partial charge on any atom is 0.389 e. The monoisotopic (exact) mass is 300 g/mol. The Morgan fingerprint density at radius 1 is 1.11 bits per heavy atom. The van der Waals surface area contributed by atoms with E-state index in [0.717, 1.165) is 0 Å². The molecule has 0 unspecified atom stereocenters. The third kappa shape index (κ3) is 5.23. The molecule has 0 bridgehead atoms. The van der Waals surface area contributed by atoms with Crippen molar-refractivity contribution in [1.82, 2.24) is 0 Å². The largest absolute Gasteiger partial charge is 0.399 e. The highest BCUT2D eigenvalue weighted by Gasteiger charge is 2.25. The summed E-state index contributed by atoms with van der Waals surface area (Å²) in [5.41, 5.74) is 6.47. The van der Waals surface area contributed by atoms with Crippen LogP contribution in [0.1, 0.15) is 19.3 Å². The SMILES string of the molecule is Nc1cc(Cl)c(NCCCCC(F)(F)F)c(Cl)c1. The Morgan fingerprint density at radius 2 is 1.67 bits per heavy atom. The predicted molar refractivity (Wildman–Crippen MR) is 69.3 cm³/mol. The van der Waals surface area contributed by atoms with Crippen LogP contribution in [0.5, 0.6) is 0 Å². The maximum atomic E-state index is 11.9. The van der Waals surface area contributed by atoms with E-state index in [1.807, 2.05) is 0 Å². The normalized spacial score (nSPS) is 11.6. The van der Waals surface area contributed by atoms with Crippen LogP contribution in [-0.4, -0.2) is 12.7 Å². The Hall–Kier alpha value is -0.810. The first-order valence-corrected chi connectivity index (χ1v) is 6.10. The summed E-state index contributed by atoms with van der Waals surface area (Å²) < 4.78 is 35.7. The van der Waals surface area contributed by atoms with Crippen molar-refractivity contribution in [1.29, 1.82) is 0 Å². The first-order chi connectivity index (χ1) is 8.29. The summed E-state index contributed by atoms with van der Waals surface area (Å²) in [7, 11) is 0. The fourth-order valence-corrected chi connectivity index (χ4v) is 2.06. The van der Waals surface area contributed by atoms with E-state index in [1.165, 1.54) is 12.1 Å². The van der Waals surface area contributed by atoms with Gasteiger partial charge in [0.05, 0.1) is 15.7 Å². The van der Waals surface area contributed by atoms with Crippen molar-refractivity contribution in [2.24, 2.45) is 0 Å². The van der Waals surface area contributed by atoms with Gasteiger partial charge < -0.3 is 11.1 Å². The molecule has 102 valence electrons. The Kier molecular flexibility index (Phi) is 5.41. The van der Waals surface area contributed by atoms with E-state index in [-0.39, 0.29) is 6.42 Å². The quantitative estimate of drug-likeness (QED) is 0.610. The van der Waals surface area contributed by atoms with Crippen LogP contribution < -0.4 is 11.1 Å². The minimum atomic E-state index is -4.10. The van der Waals surface area contributed by atoms with Crippen molar-refractivity contribution in [2.75, 3.05) is 17.6 Å². The van der Waals surface area contributed by atoms with Gasteiger partial charge in [-0.25, -0.2) is 0 Å². The van der Waals surface area contributed by atoms with Crippen molar-refractivity contribution in [3.8, 4) is 0 Å². The summed E-state index contributed by atoms with van der Waals surface area (Å²) in [6.45, 7) is 0.374. The zero-order valence-corrected chi connectivity index (χ0v) is 11.0. The van der Waals surface area contributed by atoms with E-state index in [9.17, 15) is 13.2 Å². The van der Waals surface area contributed by atoms with Crippen LogP contribution in [0.15, 0.2) is 12.1 Å². The second-order valence-corrected chi connectivity index (χ2v) is 4.67. The molecule has 2 nitrogen and oxygen atoms in total. The highest BCUT2D eigenvalue weighted by molar-refractivity contribution is 6.39. The van der Waals surface area contributed by atoms with Crippen molar-refractivity contribution in [3.63, 3.8) is 0 Å². The van der Waals surface area contributed by atoms with Gasteiger partial charge in [-0.15, -0.1) is 0 Å². The van der Waals surface area contributed by atoms with Gasteiger partial charge in [0.25, 0.3) is 0 Å². The van der Waals surface area contributed by atoms with E-state index in [1.54, 1.807) is 0 Å². The summed E-state index contributed by atoms with van der Waals surface area (Å²) in [5, 5.41) is 3.62. The standard InChI is InChI=1S/C11H13Cl2F3N2/c12-8-5-7(17)6-9(13)10(8)18-4-2-1-3-11(14,15)16/h5-6,18H,1-4,17H2. The number of rotatable bonds is 5. The second kappa shape index (κ2) is 6.38. The maximum absolute atomic E-state index is 11.9. The lowest BCUT2D eigenvalue weighted by Gasteiger charge is -2.11. The summed E-state index contributed by atoms with van der Waals surface area (Å²) in [5.74, 6) is 0. The summed E-state index contributed by atoms with van der Waals surface area (Å²) in [6, 6.07) is 3.07.